The van der Waals surface area contributed by atoms with Gasteiger partial charge < -0.3 is 38.9 Å². The van der Waals surface area contributed by atoms with Crippen molar-refractivity contribution in [2.24, 2.45) is 0 Å². The zero-order valence-electron chi connectivity index (χ0n) is 81.3. The topological polar surface area (TPSA) is 176 Å². The molecule has 15 aromatic heterocycles. The highest BCUT2D eigenvalue weighted by Crippen LogP contribution is 2.39. The van der Waals surface area contributed by atoms with Gasteiger partial charge in [0.1, 0.15) is 45.5 Å². The standard InChI is InChI=1S/C28H24F3N5.C24H25N5.C24H17N3O.C22H22N4S.C21H19N3O.CH4/c1-34-12-14-35(15-13-34)22-5-2-19(3-6-22)20-9-11-36-26(18-33-27(36)16-20)24-8-10-32-25-17-21(28(29,30)31)4-7-23(24)25;1-18-16-25-9-7-22(18)23-17-26-24-15-20(8-10-29(23)24)19-3-5-21(6-4-19)28-13-11-27(2)12-14-28;1-2-4-21(5-3-1)28-22-8-6-18(7-9-22)20-12-15-27-23(17-26-24(27)16-20)19-10-13-25-14-11-19;1-24-9-11-25(12-10-24)20-4-2-17(3-5-20)18-6-8-26-21(15-23-22(26)14-18)19-7-13-27-16-19;1-15(2)25-19-5-3-16(4-6-19)18-9-12-24-20(14-23-21(24)13-18)17-7-10-22-11-8-17;/h2-11,16-18H,12-15H2,1H3;3-10,15-17H,11-14H2,1-2H3;1-17H;2-8,13-16H,9-12H2,1H3;3-15H,1-2H3;1H4. The molecule has 25 rings (SSSR count). The van der Waals surface area contributed by atoms with Crippen molar-refractivity contribution in [3.8, 4) is 129 Å². The Bertz CT molecular complexity index is 8160. The highest BCUT2D eigenvalue weighted by atomic mass is 32.1. The molecule has 3 aliphatic rings. The Kier molecular flexibility index (Phi) is 28.9. The Balaban J connectivity index is 0.000000111. The second-order valence-electron chi connectivity index (χ2n) is 36.8. The molecule has 0 amide bonds. The molecule has 0 unspecified atom stereocenters. The number of aryl methyl sites for hydroxylation is 1. The van der Waals surface area contributed by atoms with Crippen molar-refractivity contribution < 1.29 is 22.6 Å². The smallest absolute Gasteiger partial charge is 0.416 e. The molecule has 22 aromatic rings. The number of benzene rings is 7. The van der Waals surface area contributed by atoms with Crippen LogP contribution in [-0.2, 0) is 6.18 Å². The lowest BCUT2D eigenvalue weighted by atomic mass is 10.0. The monoisotopic (exact) mass is 1950 g/mol. The number of anilines is 3. The Morgan fingerprint density at radius 1 is 0.308 bits per heavy atom. The molecule has 0 atom stereocenters. The van der Waals surface area contributed by atoms with Crippen LogP contribution in [0.1, 0.15) is 32.4 Å². The van der Waals surface area contributed by atoms with E-state index in [2.05, 4.69) is 307 Å². The van der Waals surface area contributed by atoms with E-state index < -0.39 is 11.7 Å². The minimum absolute atomic E-state index is 0. The minimum Gasteiger partial charge on any atom is -0.491 e. The number of thiophene rings is 1. The predicted molar refractivity (Wildman–Crippen MR) is 585 cm³/mol. The molecule has 0 saturated carbocycles. The van der Waals surface area contributed by atoms with Gasteiger partial charge in [-0.2, -0.15) is 24.5 Å². The average molecular weight is 1950 g/mol. The van der Waals surface area contributed by atoms with Crippen molar-refractivity contribution in [3.05, 3.63) is 400 Å². The molecule has 0 radical (unpaired) electrons. The molecule has 3 saturated heterocycles. The van der Waals surface area contributed by atoms with Crippen LogP contribution < -0.4 is 24.2 Å². The number of ether oxygens (including phenoxy) is 2. The van der Waals surface area contributed by atoms with Gasteiger partial charge in [0.2, 0.25) is 0 Å². The number of imidazole rings is 5. The Hall–Kier alpha value is -16.8. The van der Waals surface area contributed by atoms with Crippen LogP contribution in [0.15, 0.2) is 389 Å². The fourth-order valence-corrected chi connectivity index (χ4v) is 19.4. The molecule has 7 aromatic carbocycles. The number of likely N-dealkylation sites (N-methyl/N-ethyl adjacent to an activating group) is 3. The van der Waals surface area contributed by atoms with Crippen molar-refractivity contribution >= 4 is 67.5 Å². The van der Waals surface area contributed by atoms with Crippen LogP contribution in [0.3, 0.4) is 0 Å². The number of nitrogens with zero attached hydrogens (tertiary/aromatic N) is 20. The van der Waals surface area contributed by atoms with Crippen molar-refractivity contribution in [1.29, 1.82) is 0 Å². The highest BCUT2D eigenvalue weighted by molar-refractivity contribution is 7.08. The van der Waals surface area contributed by atoms with Gasteiger partial charge in [-0.3, -0.25) is 41.9 Å². The molecule has 0 spiro atoms. The second kappa shape index (κ2) is 43.6. The number of aromatic nitrogens is 14. The number of pyridine rings is 9. The molecule has 26 heteroatoms. The molecule has 146 heavy (non-hydrogen) atoms. The van der Waals surface area contributed by atoms with Crippen molar-refractivity contribution in [1.82, 2.24) is 81.6 Å². The molecule has 730 valence electrons. The molecule has 18 heterocycles. The molecule has 0 aliphatic carbocycles. The second-order valence-corrected chi connectivity index (χ2v) is 37.6. The van der Waals surface area contributed by atoms with Crippen LogP contribution in [0, 0.1) is 6.92 Å². The van der Waals surface area contributed by atoms with Crippen molar-refractivity contribution in [3.63, 3.8) is 0 Å². The largest absolute Gasteiger partial charge is 0.491 e. The zero-order chi connectivity index (χ0) is 98.9. The van der Waals surface area contributed by atoms with Crippen LogP contribution in [0.5, 0.6) is 17.2 Å². The SMILES string of the molecule is C.CC(C)Oc1ccc(-c2ccn3c(-c4ccncc4)cnc3c2)cc1.CN1CCN(c2ccc(-c3ccn4c(-c5ccnc6cc(C(F)(F)F)ccc56)cnc4c3)cc2)CC1.CN1CCN(c2ccc(-c3ccn4c(-c5ccsc5)cnc4c3)cc2)CC1.Cc1cnccc1-c1cnc2cc(-c3ccc(N4CCN(C)CC4)cc3)ccn12.c1ccc(Oc2ccc(-c3ccn4c(-c5ccncc5)cnc4c3)cc2)cc1. The summed E-state index contributed by atoms with van der Waals surface area (Å²) in [4.78, 5) is 54.0. The number of halogens is 3. The summed E-state index contributed by atoms with van der Waals surface area (Å²) >= 11 is 1.71. The first-order valence-corrected chi connectivity index (χ1v) is 49.6. The first-order valence-electron chi connectivity index (χ1n) is 48.7. The van der Waals surface area contributed by atoms with E-state index in [4.69, 9.17) is 9.47 Å². The maximum Gasteiger partial charge on any atom is 0.416 e. The van der Waals surface area contributed by atoms with Crippen LogP contribution in [-0.4, -0.2) is 187 Å². The third-order valence-corrected chi connectivity index (χ3v) is 27.6. The highest BCUT2D eigenvalue weighted by Gasteiger charge is 2.31. The van der Waals surface area contributed by atoms with Gasteiger partial charge in [0, 0.05) is 209 Å². The average Bonchev–Trinajstić information content (AvgIpc) is 1.56. The third kappa shape index (κ3) is 21.9. The summed E-state index contributed by atoms with van der Waals surface area (Å²) in [5.41, 5.74) is 31.2. The third-order valence-electron chi connectivity index (χ3n) is 26.9. The van der Waals surface area contributed by atoms with Crippen LogP contribution in [0.2, 0.25) is 0 Å². The van der Waals surface area contributed by atoms with Gasteiger partial charge in [0.25, 0.3) is 0 Å². The number of para-hydroxylation sites is 1. The number of fused-ring (bicyclic) bond motifs is 6. The Labute approximate surface area is 850 Å². The van der Waals surface area contributed by atoms with E-state index >= 15 is 0 Å². The summed E-state index contributed by atoms with van der Waals surface area (Å²) in [6, 6.07) is 91.3. The van der Waals surface area contributed by atoms with E-state index in [0.29, 0.717) is 10.9 Å². The van der Waals surface area contributed by atoms with E-state index in [1.165, 1.54) is 57.1 Å². The van der Waals surface area contributed by atoms with Gasteiger partial charge in [-0.25, -0.2) is 24.9 Å². The van der Waals surface area contributed by atoms with E-state index in [9.17, 15) is 13.2 Å². The summed E-state index contributed by atoms with van der Waals surface area (Å²) in [5.74, 6) is 2.54. The first-order chi connectivity index (χ1) is 70.9. The lowest BCUT2D eigenvalue weighted by Gasteiger charge is -2.34. The fraction of sp³-hybridized carbons (Fsp3) is 0.175. The van der Waals surface area contributed by atoms with Gasteiger partial charge in [0.15, 0.2) is 0 Å². The number of piperazine rings is 3. The summed E-state index contributed by atoms with van der Waals surface area (Å²) in [6.45, 7) is 19.2. The summed E-state index contributed by atoms with van der Waals surface area (Å²) in [5, 5.41) is 4.91. The summed E-state index contributed by atoms with van der Waals surface area (Å²) < 4.78 is 61.5. The first kappa shape index (κ1) is 96.7. The molecular formula is C120H111F3N20O2S. The molecule has 3 fully saturated rings. The maximum atomic E-state index is 13.2. The number of hydrogen-bond acceptors (Lipinski definition) is 18. The Morgan fingerprint density at radius 2 is 0.658 bits per heavy atom. The Morgan fingerprint density at radius 3 is 1.03 bits per heavy atom. The van der Waals surface area contributed by atoms with E-state index in [-0.39, 0.29) is 13.5 Å². The van der Waals surface area contributed by atoms with Gasteiger partial charge >= 0.3 is 6.18 Å². The molecule has 22 nitrogen and oxygen atoms in total. The van der Waals surface area contributed by atoms with E-state index in [1.807, 2.05) is 165 Å². The van der Waals surface area contributed by atoms with Crippen LogP contribution >= 0.6 is 11.3 Å². The van der Waals surface area contributed by atoms with Crippen LogP contribution in [0.25, 0.3) is 151 Å². The number of rotatable bonds is 17. The van der Waals surface area contributed by atoms with E-state index in [1.54, 1.807) is 42.3 Å². The zero-order valence-corrected chi connectivity index (χ0v) is 82.1. The molecule has 3 aliphatic heterocycles. The summed E-state index contributed by atoms with van der Waals surface area (Å²) in [7, 11) is 6.53. The molecule has 0 bridgehead atoms. The van der Waals surface area contributed by atoms with Gasteiger partial charge in [-0.05, 0) is 297 Å². The van der Waals surface area contributed by atoms with Crippen molar-refractivity contribution in [2.45, 2.75) is 40.5 Å². The van der Waals surface area contributed by atoms with Crippen LogP contribution in [0.4, 0.5) is 30.2 Å². The number of hydrogen-bond donors (Lipinski definition) is 0. The summed E-state index contributed by atoms with van der Waals surface area (Å²) in [6.07, 6.45) is 28.0. The normalized spacial score (nSPS) is 13.6. The number of alkyl halides is 3. The predicted octanol–water partition coefficient (Wildman–Crippen LogP) is 25.9. The maximum absolute atomic E-state index is 13.2. The van der Waals surface area contributed by atoms with Gasteiger partial charge in [-0.15, -0.1) is 0 Å². The molecule has 0 N–H and O–H groups in total. The fourth-order valence-electron chi connectivity index (χ4n) is 18.7. The van der Waals surface area contributed by atoms with Gasteiger partial charge in [0.05, 0.1) is 76.6 Å². The quantitative estimate of drug-likeness (QED) is 0.0840. The minimum atomic E-state index is -4.41. The lowest BCUT2D eigenvalue weighted by molar-refractivity contribution is -0.137. The van der Waals surface area contributed by atoms with Crippen molar-refractivity contribution in [2.75, 3.05) is 114 Å². The molecular weight excluding hydrogens is 1840 g/mol. The lowest BCUT2D eigenvalue weighted by Crippen LogP contribution is -2.44. The van der Waals surface area contributed by atoms with E-state index in [0.717, 1.165) is 226 Å². The van der Waals surface area contributed by atoms with Gasteiger partial charge in [-0.1, -0.05) is 92.4 Å².